The highest BCUT2D eigenvalue weighted by Crippen LogP contribution is 2.30. The number of rotatable bonds is 3. The van der Waals surface area contributed by atoms with Gasteiger partial charge in [-0.2, -0.15) is 5.26 Å². The van der Waals surface area contributed by atoms with E-state index < -0.39 is 21.8 Å². The maximum Gasteiger partial charge on any atom is 0.262 e. The smallest absolute Gasteiger partial charge is 0.262 e. The maximum atomic E-state index is 12.3. The van der Waals surface area contributed by atoms with Crippen LogP contribution in [0, 0.1) is 11.3 Å². The fraction of sp³-hybridized carbons (Fsp3) is 0.333. The van der Waals surface area contributed by atoms with Crippen LogP contribution in [-0.4, -0.2) is 38.0 Å². The molecule has 0 unspecified atom stereocenters. The molecule has 130 valence electrons. The third-order valence-electron chi connectivity index (χ3n) is 4.26. The minimum absolute atomic E-state index is 0.0645. The van der Waals surface area contributed by atoms with Gasteiger partial charge in [-0.05, 0) is 37.1 Å². The number of nitriles is 1. The van der Waals surface area contributed by atoms with Crippen LogP contribution in [0.2, 0.25) is 0 Å². The lowest BCUT2D eigenvalue weighted by Gasteiger charge is -2.23. The fourth-order valence-electron chi connectivity index (χ4n) is 2.91. The van der Waals surface area contributed by atoms with E-state index in [4.69, 9.17) is 4.74 Å². The summed E-state index contributed by atoms with van der Waals surface area (Å²) in [7, 11) is -3.09. The number of fused-ring (bicyclic) bond motifs is 1. The van der Waals surface area contributed by atoms with Crippen molar-refractivity contribution < 1.29 is 17.9 Å². The van der Waals surface area contributed by atoms with Gasteiger partial charge in [-0.3, -0.25) is 4.79 Å². The molecule has 0 radical (unpaired) electrons. The van der Waals surface area contributed by atoms with E-state index in [0.717, 1.165) is 11.3 Å². The Kier molecular flexibility index (Phi) is 4.64. The minimum atomic E-state index is -3.09. The molecule has 1 amide bonds. The topological polar surface area (TPSA) is 96.3 Å². The molecule has 0 spiro atoms. The standard InChI is InChI=1S/C18H18N2O4S/c1-12-14(8-13-4-2-3-5-17(13)24-12)9-15(10-19)18(21)20-16-6-7-25(22,23)11-16/h2-5,8-9,12,16H,6-7,11H2,1H3,(H,20,21)/b15-9+/t12-,16-/m0/s1. The van der Waals surface area contributed by atoms with Gasteiger partial charge in [-0.1, -0.05) is 18.2 Å². The van der Waals surface area contributed by atoms with Gasteiger partial charge < -0.3 is 10.1 Å². The number of para-hydroxylation sites is 1. The van der Waals surface area contributed by atoms with Crippen molar-refractivity contribution in [3.8, 4) is 11.8 Å². The predicted octanol–water partition coefficient (Wildman–Crippen LogP) is 1.60. The molecule has 25 heavy (non-hydrogen) atoms. The second kappa shape index (κ2) is 6.73. The second-order valence-electron chi connectivity index (χ2n) is 6.19. The van der Waals surface area contributed by atoms with Gasteiger partial charge >= 0.3 is 0 Å². The van der Waals surface area contributed by atoms with E-state index in [1.165, 1.54) is 6.08 Å². The first kappa shape index (κ1) is 17.2. The molecule has 1 aromatic rings. The summed E-state index contributed by atoms with van der Waals surface area (Å²) in [6.07, 6.45) is 3.47. The average Bonchev–Trinajstić information content (AvgIpc) is 2.91. The molecule has 0 aromatic heterocycles. The van der Waals surface area contributed by atoms with Crippen LogP contribution in [0.1, 0.15) is 18.9 Å². The summed E-state index contributed by atoms with van der Waals surface area (Å²) >= 11 is 0. The Bertz CT molecular complexity index is 909. The van der Waals surface area contributed by atoms with E-state index >= 15 is 0 Å². The molecule has 1 saturated heterocycles. The molecule has 2 aliphatic rings. The van der Waals surface area contributed by atoms with Gasteiger partial charge in [0.1, 0.15) is 23.5 Å². The largest absolute Gasteiger partial charge is 0.485 e. The fourth-order valence-corrected chi connectivity index (χ4v) is 4.58. The molecule has 0 saturated carbocycles. The Morgan fingerprint density at radius 3 is 2.84 bits per heavy atom. The number of amides is 1. The zero-order valence-electron chi connectivity index (χ0n) is 13.7. The zero-order chi connectivity index (χ0) is 18.0. The molecule has 1 fully saturated rings. The molecule has 7 heteroatoms. The summed E-state index contributed by atoms with van der Waals surface area (Å²) < 4.78 is 28.8. The van der Waals surface area contributed by atoms with Crippen molar-refractivity contribution in [2.24, 2.45) is 0 Å². The van der Waals surface area contributed by atoms with Crippen molar-refractivity contribution in [2.45, 2.75) is 25.5 Å². The van der Waals surface area contributed by atoms with Gasteiger partial charge in [0.25, 0.3) is 5.91 Å². The first-order chi connectivity index (χ1) is 11.9. The van der Waals surface area contributed by atoms with Crippen molar-refractivity contribution in [1.82, 2.24) is 5.32 Å². The van der Waals surface area contributed by atoms with Crippen LogP contribution in [0.3, 0.4) is 0 Å². The van der Waals surface area contributed by atoms with E-state index in [0.29, 0.717) is 12.0 Å². The number of ether oxygens (including phenoxy) is 1. The predicted molar refractivity (Wildman–Crippen MR) is 93.4 cm³/mol. The highest BCUT2D eigenvalue weighted by Gasteiger charge is 2.29. The Hall–Kier alpha value is -2.59. The summed E-state index contributed by atoms with van der Waals surface area (Å²) in [5, 5.41) is 12.0. The molecule has 2 heterocycles. The second-order valence-corrected chi connectivity index (χ2v) is 8.41. The van der Waals surface area contributed by atoms with Crippen LogP contribution in [0.15, 0.2) is 41.5 Å². The quantitative estimate of drug-likeness (QED) is 0.654. The number of carbonyl (C=O) groups is 1. The minimum Gasteiger partial charge on any atom is -0.485 e. The average molecular weight is 358 g/mol. The van der Waals surface area contributed by atoms with Crippen LogP contribution in [0.4, 0.5) is 0 Å². The molecule has 3 rings (SSSR count). The maximum absolute atomic E-state index is 12.3. The monoisotopic (exact) mass is 358 g/mol. The Labute approximate surface area is 146 Å². The van der Waals surface area contributed by atoms with Crippen molar-refractivity contribution in [3.05, 3.63) is 47.1 Å². The van der Waals surface area contributed by atoms with Crippen LogP contribution in [-0.2, 0) is 14.6 Å². The van der Waals surface area contributed by atoms with Crippen LogP contribution in [0.25, 0.3) is 6.08 Å². The number of hydrogen-bond donors (Lipinski definition) is 1. The number of nitrogens with one attached hydrogen (secondary N) is 1. The number of carbonyl (C=O) groups excluding carboxylic acids is 1. The lowest BCUT2D eigenvalue weighted by Crippen LogP contribution is -2.36. The number of hydrogen-bond acceptors (Lipinski definition) is 5. The molecular weight excluding hydrogens is 340 g/mol. The van der Waals surface area contributed by atoms with Crippen LogP contribution in [0.5, 0.6) is 5.75 Å². The zero-order valence-corrected chi connectivity index (χ0v) is 14.5. The highest BCUT2D eigenvalue weighted by molar-refractivity contribution is 7.91. The summed E-state index contributed by atoms with van der Waals surface area (Å²) in [5.74, 6) is 0.187. The Balaban J connectivity index is 1.80. The normalized spacial score (nSPS) is 24.5. The SMILES string of the molecule is C[C@@H]1Oc2ccccc2C=C1/C=C(\C#N)C(=O)N[C@H]1CCS(=O)(=O)C1. The van der Waals surface area contributed by atoms with Gasteiger partial charge in [0, 0.05) is 11.6 Å². The van der Waals surface area contributed by atoms with Gasteiger partial charge in [-0.25, -0.2) is 8.42 Å². The third kappa shape index (κ3) is 3.91. The molecule has 2 aliphatic heterocycles. The van der Waals surface area contributed by atoms with E-state index in [2.05, 4.69) is 5.32 Å². The molecule has 1 aromatic carbocycles. The van der Waals surface area contributed by atoms with E-state index in [1.807, 2.05) is 43.3 Å². The van der Waals surface area contributed by atoms with Crippen molar-refractivity contribution in [2.75, 3.05) is 11.5 Å². The number of benzene rings is 1. The van der Waals surface area contributed by atoms with Gasteiger partial charge in [0.05, 0.1) is 11.5 Å². The van der Waals surface area contributed by atoms with E-state index in [1.54, 1.807) is 0 Å². The summed E-state index contributed by atoms with van der Waals surface area (Å²) in [6.45, 7) is 1.84. The van der Waals surface area contributed by atoms with E-state index in [9.17, 15) is 18.5 Å². The molecular formula is C18H18N2O4S. The third-order valence-corrected chi connectivity index (χ3v) is 6.03. The first-order valence-corrected chi connectivity index (χ1v) is 9.80. The van der Waals surface area contributed by atoms with Crippen molar-refractivity contribution in [1.29, 1.82) is 5.26 Å². The summed E-state index contributed by atoms with van der Waals surface area (Å²) in [6, 6.07) is 8.97. The molecule has 0 bridgehead atoms. The highest BCUT2D eigenvalue weighted by atomic mass is 32.2. The lowest BCUT2D eigenvalue weighted by atomic mass is 10.00. The Morgan fingerprint density at radius 2 is 2.16 bits per heavy atom. The Morgan fingerprint density at radius 1 is 1.40 bits per heavy atom. The van der Waals surface area contributed by atoms with Crippen molar-refractivity contribution >= 4 is 21.8 Å². The molecule has 0 aliphatic carbocycles. The van der Waals surface area contributed by atoms with Crippen LogP contribution >= 0.6 is 0 Å². The summed E-state index contributed by atoms with van der Waals surface area (Å²) in [5.41, 5.74) is 1.53. The number of sulfone groups is 1. The van der Waals surface area contributed by atoms with Gasteiger partial charge in [-0.15, -0.1) is 0 Å². The molecule has 2 atom stereocenters. The van der Waals surface area contributed by atoms with Crippen molar-refractivity contribution in [3.63, 3.8) is 0 Å². The lowest BCUT2D eigenvalue weighted by molar-refractivity contribution is -0.117. The number of nitrogens with zero attached hydrogens (tertiary/aromatic N) is 1. The van der Waals surface area contributed by atoms with Gasteiger partial charge in [0.15, 0.2) is 9.84 Å². The van der Waals surface area contributed by atoms with Gasteiger partial charge in [0.2, 0.25) is 0 Å². The molecule has 6 nitrogen and oxygen atoms in total. The first-order valence-electron chi connectivity index (χ1n) is 7.98. The van der Waals surface area contributed by atoms with Crippen LogP contribution < -0.4 is 10.1 Å². The molecule has 1 N–H and O–H groups in total. The summed E-state index contributed by atoms with van der Waals surface area (Å²) in [4.78, 5) is 12.3. The van der Waals surface area contributed by atoms with E-state index in [-0.39, 0.29) is 23.2 Å².